The van der Waals surface area contributed by atoms with Gasteiger partial charge in [-0.3, -0.25) is 10.1 Å². The van der Waals surface area contributed by atoms with Gasteiger partial charge in [-0.2, -0.15) is 0 Å². The Balaban J connectivity index is 1.18. The zero-order valence-electron chi connectivity index (χ0n) is 27.7. The van der Waals surface area contributed by atoms with Crippen LogP contribution in [0.4, 0.5) is 0 Å². The molecule has 7 aliphatic rings. The molecule has 8 nitrogen and oxygen atoms in total. The van der Waals surface area contributed by atoms with Crippen LogP contribution in [0.15, 0.2) is 4.99 Å². The lowest BCUT2D eigenvalue weighted by molar-refractivity contribution is -0.216. The Morgan fingerprint density at radius 1 is 1.09 bits per heavy atom. The molecule has 2 spiro atoms. The van der Waals surface area contributed by atoms with Crippen LogP contribution in [0, 0.1) is 50.7 Å². The lowest BCUT2D eigenvalue weighted by Gasteiger charge is -2.63. The van der Waals surface area contributed by atoms with Crippen molar-refractivity contribution in [3.63, 3.8) is 0 Å². The van der Waals surface area contributed by atoms with Crippen molar-refractivity contribution in [3.8, 4) is 0 Å². The molecule has 1 saturated heterocycles. The van der Waals surface area contributed by atoms with E-state index in [0.29, 0.717) is 30.3 Å². The van der Waals surface area contributed by atoms with Crippen molar-refractivity contribution in [2.24, 2.45) is 55.7 Å². The molecule has 0 aromatic heterocycles. The molecule has 7 rings (SSSR count). The van der Waals surface area contributed by atoms with Crippen molar-refractivity contribution in [1.29, 1.82) is 0 Å². The minimum absolute atomic E-state index is 0.0386. The Kier molecular flexibility index (Phi) is 6.67. The van der Waals surface area contributed by atoms with E-state index < -0.39 is 29.9 Å². The van der Waals surface area contributed by atoms with E-state index in [9.17, 15) is 15.0 Å². The first-order valence-corrected chi connectivity index (χ1v) is 17.2. The number of nitrogens with zero attached hydrogens (tertiary/aromatic N) is 1. The normalized spacial score (nSPS) is 52.0. The van der Waals surface area contributed by atoms with Crippen LogP contribution >= 0.6 is 0 Å². The fraction of sp³-hybridized carbons (Fsp3) is 0.943. The van der Waals surface area contributed by atoms with Gasteiger partial charge in [0.25, 0.3) is 0 Å². The molecule has 0 radical (unpaired) electrons. The monoisotopic (exact) mass is 600 g/mol. The third-order valence-corrected chi connectivity index (χ3v) is 15.0. The SMILES string of the molecule is CC(=O)OC(C1C[C@@H](C)C2C(O1)[C@H](O)[C@@]1(C)C3CC[C@H]4C(C)(C)C(OC5=NCNC5)CCC45CC35CCC21C)C(C)(C)O. The van der Waals surface area contributed by atoms with E-state index >= 15 is 0 Å². The van der Waals surface area contributed by atoms with Gasteiger partial charge >= 0.3 is 5.97 Å². The van der Waals surface area contributed by atoms with Crippen molar-refractivity contribution in [2.45, 2.75) is 143 Å². The van der Waals surface area contributed by atoms with Gasteiger partial charge in [0.15, 0.2) is 12.0 Å². The van der Waals surface area contributed by atoms with Crippen molar-refractivity contribution in [2.75, 3.05) is 13.2 Å². The second kappa shape index (κ2) is 9.42. The summed E-state index contributed by atoms with van der Waals surface area (Å²) in [6.45, 7) is 18.2. The summed E-state index contributed by atoms with van der Waals surface area (Å²) in [6.07, 6.45) is 7.03. The van der Waals surface area contributed by atoms with Gasteiger partial charge in [-0.15, -0.1) is 0 Å². The van der Waals surface area contributed by atoms with Crippen molar-refractivity contribution < 1.29 is 29.2 Å². The molecule has 2 heterocycles. The van der Waals surface area contributed by atoms with Crippen molar-refractivity contribution >= 4 is 11.9 Å². The van der Waals surface area contributed by atoms with Crippen molar-refractivity contribution in [1.82, 2.24) is 5.32 Å². The zero-order chi connectivity index (χ0) is 31.0. The highest BCUT2D eigenvalue weighted by molar-refractivity contribution is 5.79. The molecular formula is C35H56N2O6. The molecular weight excluding hydrogens is 544 g/mol. The van der Waals surface area contributed by atoms with Crippen LogP contribution in [-0.4, -0.2) is 71.4 Å². The van der Waals surface area contributed by atoms with Crippen LogP contribution in [0.5, 0.6) is 0 Å². The quantitative estimate of drug-likeness (QED) is 0.396. The standard InChI is InChI=1S/C35H56N2O6/c1-19-15-21(29(31(5,6)40)41-20(2)38)42-27-26(19)32(7)13-14-35-17-34(35)12-11-24(43-25-16-36-18-37-25)30(3,4)22(34)9-10-23(35)33(32,8)28(27)39/h19,21-24,26-29,36,39-40H,9-18H2,1-8H3/t19-,21?,22+,23?,24?,26?,27?,28+,29?,32?,33-,34?,35?/m1/s1. The number of aliphatic hydroxyl groups is 2. The maximum Gasteiger partial charge on any atom is 0.303 e. The third-order valence-electron chi connectivity index (χ3n) is 15.0. The van der Waals surface area contributed by atoms with Crippen molar-refractivity contribution in [3.05, 3.63) is 0 Å². The van der Waals surface area contributed by atoms with E-state index in [1.54, 1.807) is 13.8 Å². The van der Waals surface area contributed by atoms with E-state index in [2.05, 4.69) is 44.9 Å². The molecule has 43 heavy (non-hydrogen) atoms. The lowest BCUT2D eigenvalue weighted by atomic mass is 9.41. The smallest absolute Gasteiger partial charge is 0.303 e. The van der Waals surface area contributed by atoms with Gasteiger partial charge in [0.2, 0.25) is 0 Å². The van der Waals surface area contributed by atoms with Gasteiger partial charge in [0.1, 0.15) is 6.10 Å². The summed E-state index contributed by atoms with van der Waals surface area (Å²) in [7, 11) is 0. The Labute approximate surface area is 258 Å². The molecule has 9 unspecified atom stereocenters. The Morgan fingerprint density at radius 2 is 1.79 bits per heavy atom. The molecule has 0 aromatic rings. The van der Waals surface area contributed by atoms with Crippen LogP contribution < -0.4 is 5.32 Å². The van der Waals surface area contributed by atoms with Gasteiger partial charge in [-0.05, 0) is 105 Å². The van der Waals surface area contributed by atoms with Gasteiger partial charge in [-0.1, -0.05) is 34.6 Å². The summed E-state index contributed by atoms with van der Waals surface area (Å²) in [4.78, 5) is 16.6. The number of fused-ring (bicyclic) bond motifs is 4. The molecule has 0 aromatic carbocycles. The number of hydrogen-bond donors (Lipinski definition) is 3. The van der Waals surface area contributed by atoms with Crippen LogP contribution in [0.3, 0.4) is 0 Å². The minimum atomic E-state index is -1.24. The number of hydrogen-bond acceptors (Lipinski definition) is 8. The molecule has 13 atom stereocenters. The first-order chi connectivity index (χ1) is 20.0. The largest absolute Gasteiger partial charge is 0.476 e. The van der Waals surface area contributed by atoms with Gasteiger partial charge in [0, 0.05) is 17.8 Å². The second-order valence-electron chi connectivity index (χ2n) is 17.5. The third kappa shape index (κ3) is 3.88. The average Bonchev–Trinajstić information content (AvgIpc) is 3.19. The molecule has 0 bridgehead atoms. The molecule has 8 heteroatoms. The fourth-order valence-electron chi connectivity index (χ4n) is 13.2. The highest BCUT2D eigenvalue weighted by atomic mass is 16.6. The zero-order valence-corrected chi connectivity index (χ0v) is 27.7. The van der Waals surface area contributed by atoms with Crippen LogP contribution in [-0.2, 0) is 19.0 Å². The summed E-state index contributed by atoms with van der Waals surface area (Å²) in [5.74, 6) is 2.05. The maximum atomic E-state index is 12.5. The predicted octanol–water partition coefficient (Wildman–Crippen LogP) is 4.85. The summed E-state index contributed by atoms with van der Waals surface area (Å²) in [5, 5.41) is 26.7. The van der Waals surface area contributed by atoms with Crippen LogP contribution in [0.25, 0.3) is 0 Å². The Bertz CT molecular complexity index is 1200. The summed E-state index contributed by atoms with van der Waals surface area (Å²) < 4.78 is 19.1. The highest BCUT2D eigenvalue weighted by Crippen LogP contribution is 2.89. The molecule has 2 aliphatic heterocycles. The number of carbonyl (C=O) groups excluding carboxylic acids is 1. The number of nitrogens with one attached hydrogen (secondary N) is 1. The van der Waals surface area contributed by atoms with Gasteiger partial charge in [0.05, 0.1) is 37.1 Å². The number of carbonyl (C=O) groups is 1. The molecule has 3 N–H and O–H groups in total. The first kappa shape index (κ1) is 30.4. The lowest BCUT2D eigenvalue weighted by Crippen LogP contribution is -2.60. The minimum Gasteiger partial charge on any atom is -0.476 e. The topological polar surface area (TPSA) is 110 Å². The summed E-state index contributed by atoms with van der Waals surface area (Å²) in [5.41, 5.74) is -0.845. The van der Waals surface area contributed by atoms with E-state index in [1.165, 1.54) is 32.6 Å². The van der Waals surface area contributed by atoms with Gasteiger partial charge < -0.3 is 24.4 Å². The van der Waals surface area contributed by atoms with E-state index in [1.807, 2.05) is 0 Å². The number of esters is 1. The second-order valence-corrected chi connectivity index (χ2v) is 17.5. The highest BCUT2D eigenvalue weighted by Gasteiger charge is 2.84. The average molecular weight is 601 g/mol. The molecule has 5 saturated carbocycles. The molecule has 242 valence electrons. The fourth-order valence-corrected chi connectivity index (χ4v) is 13.2. The number of aliphatic hydroxyl groups excluding tert-OH is 1. The van der Waals surface area contributed by atoms with E-state index in [4.69, 9.17) is 14.2 Å². The maximum absolute atomic E-state index is 12.5. The van der Waals surface area contributed by atoms with Gasteiger partial charge in [-0.25, -0.2) is 4.99 Å². The molecule has 0 amide bonds. The Hall–Kier alpha value is -1.22. The summed E-state index contributed by atoms with van der Waals surface area (Å²) >= 11 is 0. The summed E-state index contributed by atoms with van der Waals surface area (Å²) in [6, 6.07) is 0. The van der Waals surface area contributed by atoms with E-state index in [-0.39, 0.29) is 45.7 Å². The number of rotatable bonds is 4. The van der Waals surface area contributed by atoms with E-state index in [0.717, 1.165) is 31.7 Å². The van der Waals surface area contributed by atoms with Crippen LogP contribution in [0.1, 0.15) is 107 Å². The van der Waals surface area contributed by atoms with Crippen LogP contribution in [0.2, 0.25) is 0 Å². The molecule has 5 aliphatic carbocycles. The number of aliphatic imine (C=N–C) groups is 1. The number of ether oxygens (including phenoxy) is 3. The Morgan fingerprint density at radius 3 is 2.44 bits per heavy atom. The first-order valence-electron chi connectivity index (χ1n) is 17.2. The molecule has 6 fully saturated rings. The predicted molar refractivity (Wildman–Crippen MR) is 163 cm³/mol.